The molecule has 19 heavy (non-hydrogen) atoms. The van der Waals surface area contributed by atoms with Gasteiger partial charge < -0.3 is 4.74 Å². The molecule has 0 aromatic heterocycles. The summed E-state index contributed by atoms with van der Waals surface area (Å²) in [6, 6.07) is 6.64. The topological polar surface area (TPSA) is 96.3 Å². The predicted molar refractivity (Wildman–Crippen MR) is 67.7 cm³/mol. The Morgan fingerprint density at radius 1 is 1.42 bits per heavy atom. The number of carbonyl (C=O) groups excluding carboxylic acids is 1. The first kappa shape index (κ1) is 15.1. The number of carbonyl (C=O) groups is 1. The van der Waals surface area contributed by atoms with Crippen molar-refractivity contribution in [3.8, 4) is 6.07 Å². The molecule has 1 aromatic carbocycles. The number of nitrogens with zero attached hydrogens (tertiary/aromatic N) is 1. The molecule has 0 aliphatic heterocycles. The molecule has 0 saturated carbocycles. The van der Waals surface area contributed by atoms with Crippen LogP contribution in [-0.4, -0.2) is 27.5 Å². The summed E-state index contributed by atoms with van der Waals surface area (Å²) >= 11 is 0. The van der Waals surface area contributed by atoms with Gasteiger partial charge >= 0.3 is 5.97 Å². The van der Waals surface area contributed by atoms with Crippen molar-refractivity contribution < 1.29 is 17.9 Å². The van der Waals surface area contributed by atoms with Crippen LogP contribution >= 0.6 is 0 Å². The highest BCUT2D eigenvalue weighted by atomic mass is 32.2. The van der Waals surface area contributed by atoms with E-state index in [9.17, 15) is 13.2 Å². The summed E-state index contributed by atoms with van der Waals surface area (Å²) in [6.45, 7) is 2.54. The molecule has 1 rings (SSSR count). The van der Waals surface area contributed by atoms with E-state index < -0.39 is 29.1 Å². The molecule has 1 N–H and O–H groups in total. The van der Waals surface area contributed by atoms with Gasteiger partial charge in [-0.3, -0.25) is 4.79 Å². The van der Waals surface area contributed by atoms with E-state index in [1.807, 2.05) is 0 Å². The van der Waals surface area contributed by atoms with E-state index in [4.69, 9.17) is 5.26 Å². The zero-order valence-electron chi connectivity index (χ0n) is 10.6. The van der Waals surface area contributed by atoms with Crippen LogP contribution in [0.1, 0.15) is 11.1 Å². The number of hydrogen-bond acceptors (Lipinski definition) is 5. The van der Waals surface area contributed by atoms with Crippen LogP contribution in [0.4, 0.5) is 0 Å². The normalized spacial score (nSPS) is 10.8. The second-order valence-electron chi connectivity index (χ2n) is 3.91. The molecule has 7 heteroatoms. The van der Waals surface area contributed by atoms with Crippen LogP contribution in [0, 0.1) is 25.2 Å². The van der Waals surface area contributed by atoms with Gasteiger partial charge in [0.2, 0.25) is 10.0 Å². The Morgan fingerprint density at radius 2 is 2.11 bits per heavy atom. The molecule has 0 radical (unpaired) electrons. The van der Waals surface area contributed by atoms with Crippen molar-refractivity contribution in [2.24, 2.45) is 0 Å². The average molecular weight is 282 g/mol. The first-order chi connectivity index (χ1) is 8.86. The van der Waals surface area contributed by atoms with Crippen molar-refractivity contribution >= 4 is 16.0 Å². The van der Waals surface area contributed by atoms with E-state index in [2.05, 4.69) is 9.46 Å². The van der Waals surface area contributed by atoms with Crippen LogP contribution in [0.5, 0.6) is 0 Å². The van der Waals surface area contributed by atoms with Gasteiger partial charge in [0.05, 0.1) is 4.90 Å². The van der Waals surface area contributed by atoms with Crippen LogP contribution in [0.15, 0.2) is 23.1 Å². The minimum Gasteiger partial charge on any atom is -0.449 e. The summed E-state index contributed by atoms with van der Waals surface area (Å²) < 4.78 is 30.6. The lowest BCUT2D eigenvalue weighted by atomic mass is 10.2. The number of hydrogen-bond donors (Lipinski definition) is 1. The molecule has 102 valence electrons. The van der Waals surface area contributed by atoms with Crippen molar-refractivity contribution in [3.05, 3.63) is 29.3 Å². The van der Waals surface area contributed by atoms with Crippen LogP contribution < -0.4 is 4.72 Å². The number of rotatable bonds is 5. The molecule has 0 aliphatic carbocycles. The van der Waals surface area contributed by atoms with E-state index in [0.717, 1.165) is 5.56 Å². The van der Waals surface area contributed by atoms with E-state index in [-0.39, 0.29) is 4.90 Å². The number of nitriles is 1. The molecule has 0 spiro atoms. The fraction of sp³-hybridized carbons (Fsp3) is 0.333. The monoisotopic (exact) mass is 282 g/mol. The second kappa shape index (κ2) is 6.31. The predicted octanol–water partition coefficient (Wildman–Crippen LogP) is 0.649. The molecule has 0 saturated heterocycles. The molecule has 0 unspecified atom stereocenters. The molecule has 0 aliphatic rings. The van der Waals surface area contributed by atoms with Crippen LogP contribution in [-0.2, 0) is 19.6 Å². The maximum absolute atomic E-state index is 12.0. The summed E-state index contributed by atoms with van der Waals surface area (Å²) in [5.74, 6) is -0.796. The lowest BCUT2D eigenvalue weighted by Gasteiger charge is -2.09. The number of nitrogens with one attached hydrogen (secondary N) is 1. The van der Waals surface area contributed by atoms with Gasteiger partial charge in [-0.15, -0.1) is 0 Å². The van der Waals surface area contributed by atoms with Crippen LogP contribution in [0.3, 0.4) is 0 Å². The highest BCUT2D eigenvalue weighted by Crippen LogP contribution is 2.16. The van der Waals surface area contributed by atoms with E-state index in [1.165, 1.54) is 6.07 Å². The van der Waals surface area contributed by atoms with Gasteiger partial charge in [0.25, 0.3) is 0 Å². The lowest BCUT2D eigenvalue weighted by molar-refractivity contribution is -0.140. The average Bonchev–Trinajstić information content (AvgIpc) is 2.36. The molecule has 0 heterocycles. The van der Waals surface area contributed by atoms with Gasteiger partial charge in [-0.25, -0.2) is 8.42 Å². The minimum atomic E-state index is -3.77. The first-order valence-corrected chi connectivity index (χ1v) is 6.94. The Hall–Kier alpha value is -1.91. The maximum Gasteiger partial charge on any atom is 0.322 e. The Labute approximate surface area is 112 Å². The van der Waals surface area contributed by atoms with Gasteiger partial charge in [-0.05, 0) is 31.0 Å². The van der Waals surface area contributed by atoms with E-state index in [1.54, 1.807) is 32.0 Å². The Bertz CT molecular complexity index is 617. The third-order valence-electron chi connectivity index (χ3n) is 2.34. The van der Waals surface area contributed by atoms with E-state index in [0.29, 0.717) is 5.56 Å². The molecule has 6 nitrogen and oxygen atoms in total. The Balaban J connectivity index is 2.79. The largest absolute Gasteiger partial charge is 0.449 e. The van der Waals surface area contributed by atoms with Gasteiger partial charge in [0.15, 0.2) is 6.61 Å². The van der Waals surface area contributed by atoms with E-state index >= 15 is 0 Å². The minimum absolute atomic E-state index is 0.126. The first-order valence-electron chi connectivity index (χ1n) is 5.46. The SMILES string of the molecule is Cc1ccc(C)c(S(=O)(=O)NCC(=O)OCC#N)c1. The zero-order valence-corrected chi connectivity index (χ0v) is 11.5. The van der Waals surface area contributed by atoms with Crippen LogP contribution in [0.2, 0.25) is 0 Å². The molecular weight excluding hydrogens is 268 g/mol. The number of ether oxygens (including phenoxy) is 1. The maximum atomic E-state index is 12.0. The molecular formula is C12H14N2O4S. The highest BCUT2D eigenvalue weighted by Gasteiger charge is 2.18. The smallest absolute Gasteiger partial charge is 0.322 e. The number of esters is 1. The summed E-state index contributed by atoms with van der Waals surface area (Å²) in [4.78, 5) is 11.3. The van der Waals surface area contributed by atoms with Crippen molar-refractivity contribution in [1.29, 1.82) is 5.26 Å². The molecule has 0 atom stereocenters. The number of aryl methyl sites for hydroxylation is 2. The third-order valence-corrected chi connectivity index (χ3v) is 3.88. The number of benzene rings is 1. The molecule has 1 aromatic rings. The van der Waals surface area contributed by atoms with Crippen molar-refractivity contribution in [3.63, 3.8) is 0 Å². The van der Waals surface area contributed by atoms with Gasteiger partial charge in [-0.2, -0.15) is 9.98 Å². The second-order valence-corrected chi connectivity index (χ2v) is 5.65. The zero-order chi connectivity index (χ0) is 14.5. The fourth-order valence-electron chi connectivity index (χ4n) is 1.39. The van der Waals surface area contributed by atoms with Crippen molar-refractivity contribution in [2.75, 3.05) is 13.2 Å². The van der Waals surface area contributed by atoms with Crippen molar-refractivity contribution in [2.45, 2.75) is 18.7 Å². The summed E-state index contributed by atoms with van der Waals surface area (Å²) in [7, 11) is -3.77. The quantitative estimate of drug-likeness (QED) is 0.800. The fourth-order valence-corrected chi connectivity index (χ4v) is 2.69. The lowest BCUT2D eigenvalue weighted by Crippen LogP contribution is -2.31. The van der Waals surface area contributed by atoms with Crippen molar-refractivity contribution in [1.82, 2.24) is 4.72 Å². The Kier molecular flexibility index (Phi) is 5.03. The summed E-state index contributed by atoms with van der Waals surface area (Å²) in [5, 5.41) is 8.22. The standard InChI is InChI=1S/C12H14N2O4S/c1-9-3-4-10(2)11(7-9)19(16,17)14-8-12(15)18-6-5-13/h3-4,7,14H,6,8H2,1-2H3. The molecule has 0 amide bonds. The highest BCUT2D eigenvalue weighted by molar-refractivity contribution is 7.89. The Morgan fingerprint density at radius 3 is 2.74 bits per heavy atom. The number of sulfonamides is 1. The van der Waals surface area contributed by atoms with Crippen LogP contribution in [0.25, 0.3) is 0 Å². The van der Waals surface area contributed by atoms with Gasteiger partial charge in [-0.1, -0.05) is 12.1 Å². The summed E-state index contributed by atoms with van der Waals surface area (Å²) in [6.07, 6.45) is 0. The summed E-state index contributed by atoms with van der Waals surface area (Å²) in [5.41, 5.74) is 1.39. The molecule has 0 fully saturated rings. The third kappa shape index (κ3) is 4.35. The van der Waals surface area contributed by atoms with Gasteiger partial charge in [0.1, 0.15) is 12.6 Å². The molecule has 0 bridgehead atoms. The van der Waals surface area contributed by atoms with Gasteiger partial charge in [0, 0.05) is 0 Å².